The van der Waals surface area contributed by atoms with Crippen molar-refractivity contribution in [2.24, 2.45) is 0 Å². The lowest BCUT2D eigenvalue weighted by Gasteiger charge is -2.28. The molecule has 1 saturated heterocycles. The van der Waals surface area contributed by atoms with Crippen molar-refractivity contribution in [2.75, 3.05) is 31.1 Å². The van der Waals surface area contributed by atoms with E-state index in [-0.39, 0.29) is 47.4 Å². The van der Waals surface area contributed by atoms with Crippen molar-refractivity contribution in [2.45, 2.75) is 32.1 Å². The van der Waals surface area contributed by atoms with E-state index in [1.807, 2.05) is 0 Å². The van der Waals surface area contributed by atoms with Gasteiger partial charge in [0.2, 0.25) is 5.95 Å². The first-order chi connectivity index (χ1) is 18.2. The van der Waals surface area contributed by atoms with Crippen LogP contribution < -0.4 is 10.2 Å². The third-order valence-electron chi connectivity index (χ3n) is 6.33. The van der Waals surface area contributed by atoms with Gasteiger partial charge in [-0.1, -0.05) is 0 Å². The van der Waals surface area contributed by atoms with E-state index >= 15 is 0 Å². The zero-order chi connectivity index (χ0) is 28.5. The van der Waals surface area contributed by atoms with Crippen LogP contribution in [0.5, 0.6) is 0 Å². The fraction of sp³-hybridized carbons (Fsp3) is 0.346. The van der Waals surface area contributed by atoms with Gasteiger partial charge in [-0.3, -0.25) is 0 Å². The molecule has 2 aromatic carbocycles. The summed E-state index contributed by atoms with van der Waals surface area (Å²) in [6.45, 7) is 3.72. The molecule has 0 radical (unpaired) electrons. The van der Waals surface area contributed by atoms with Crippen LogP contribution in [0.15, 0.2) is 36.4 Å². The van der Waals surface area contributed by atoms with E-state index in [9.17, 15) is 40.6 Å². The number of hydrogen-bond acceptors (Lipinski definition) is 5. The highest BCUT2D eigenvalue weighted by Gasteiger charge is 2.37. The van der Waals surface area contributed by atoms with Crippen LogP contribution in [0.25, 0.3) is 11.3 Å². The fourth-order valence-electron chi connectivity index (χ4n) is 4.42. The Kier molecular flexibility index (Phi) is 7.82. The molecule has 0 spiro atoms. The number of halogens is 7. The topological polar surface area (TPSA) is 78.4 Å². The first-order valence-corrected chi connectivity index (χ1v) is 11.9. The third kappa shape index (κ3) is 6.47. The van der Waals surface area contributed by atoms with Crippen LogP contribution in [0.2, 0.25) is 0 Å². The van der Waals surface area contributed by atoms with Crippen molar-refractivity contribution < 1.29 is 40.6 Å². The van der Waals surface area contributed by atoms with E-state index in [4.69, 9.17) is 0 Å². The number of carbonyl (C=O) groups is 1. The van der Waals surface area contributed by atoms with E-state index < -0.39 is 35.3 Å². The van der Waals surface area contributed by atoms with Crippen LogP contribution >= 0.6 is 0 Å². The Bertz CT molecular complexity index is 1350. The van der Waals surface area contributed by atoms with Gasteiger partial charge in [-0.15, -0.1) is 0 Å². The number of aryl methyl sites for hydroxylation is 3. The number of rotatable bonds is 6. The predicted molar refractivity (Wildman–Crippen MR) is 128 cm³/mol. The zero-order valence-corrected chi connectivity index (χ0v) is 20.5. The molecule has 2 heterocycles. The van der Waals surface area contributed by atoms with Crippen molar-refractivity contribution in [1.29, 1.82) is 0 Å². The molecule has 0 amide bonds. The highest BCUT2D eigenvalue weighted by molar-refractivity contribution is 5.96. The third-order valence-corrected chi connectivity index (χ3v) is 6.33. The van der Waals surface area contributed by atoms with Crippen LogP contribution in [0.1, 0.15) is 38.3 Å². The number of aromatic carboxylic acids is 1. The molecule has 6 nitrogen and oxygen atoms in total. The number of anilines is 1. The molecule has 0 saturated carbocycles. The molecule has 39 heavy (non-hydrogen) atoms. The number of aromatic nitrogens is 2. The van der Waals surface area contributed by atoms with Gasteiger partial charge in [0.15, 0.2) is 0 Å². The number of carboxylic acids is 1. The van der Waals surface area contributed by atoms with E-state index in [1.165, 1.54) is 12.1 Å². The quantitative estimate of drug-likeness (QED) is 0.390. The van der Waals surface area contributed by atoms with Crippen molar-refractivity contribution in [3.63, 3.8) is 0 Å². The molecule has 1 aliphatic heterocycles. The van der Waals surface area contributed by atoms with Gasteiger partial charge in [-0.2, -0.15) is 26.3 Å². The fourth-order valence-corrected chi connectivity index (χ4v) is 4.42. The number of benzene rings is 2. The molecule has 3 aromatic rings. The molecular formula is C26H23F7N4O2. The number of alkyl halides is 6. The van der Waals surface area contributed by atoms with Crippen LogP contribution in [0.3, 0.4) is 0 Å². The normalized spacial score (nSPS) is 14.5. The minimum atomic E-state index is -5.01. The van der Waals surface area contributed by atoms with Crippen molar-refractivity contribution in [3.8, 4) is 11.3 Å². The van der Waals surface area contributed by atoms with Crippen molar-refractivity contribution in [3.05, 3.63) is 75.7 Å². The molecule has 0 aliphatic carbocycles. The van der Waals surface area contributed by atoms with Gasteiger partial charge in [0.25, 0.3) is 0 Å². The summed E-state index contributed by atoms with van der Waals surface area (Å²) in [6, 6.07) is 4.97. The summed E-state index contributed by atoms with van der Waals surface area (Å²) in [5.74, 6) is -1.82. The molecule has 1 aromatic heterocycles. The second kappa shape index (κ2) is 10.8. The molecule has 1 fully saturated rings. The number of carboxylic acid groups (broad SMARTS) is 1. The average molecular weight is 556 g/mol. The van der Waals surface area contributed by atoms with E-state index in [0.717, 1.165) is 6.07 Å². The van der Waals surface area contributed by atoms with Crippen LogP contribution in [-0.2, 0) is 25.2 Å². The standard InChI is InChI=1S/C26H23F7N4O2/c1-14-10-18(27)3-4-19(14)22-21(23(38)39)20(35-24(36-22)37-8-6-34-7-9-37)5-2-15-11-16(25(28,29)30)13-17(12-15)26(31,32)33/h3-4,10-13,34H,2,5-9H2,1H3,(H,38,39). The van der Waals surface area contributed by atoms with Gasteiger partial charge in [0.1, 0.15) is 11.4 Å². The number of nitrogens with zero attached hydrogens (tertiary/aromatic N) is 3. The summed E-state index contributed by atoms with van der Waals surface area (Å²) in [6.07, 6.45) is -10.7. The summed E-state index contributed by atoms with van der Waals surface area (Å²) in [5.41, 5.74) is -2.93. The maximum Gasteiger partial charge on any atom is 0.416 e. The molecule has 0 atom stereocenters. The summed E-state index contributed by atoms with van der Waals surface area (Å²) >= 11 is 0. The average Bonchev–Trinajstić information content (AvgIpc) is 2.86. The molecule has 2 N–H and O–H groups in total. The van der Waals surface area contributed by atoms with Gasteiger partial charge in [0, 0.05) is 31.7 Å². The first kappa shape index (κ1) is 28.3. The predicted octanol–water partition coefficient (Wildman–Crippen LogP) is 5.52. The Morgan fingerprint density at radius 3 is 2.10 bits per heavy atom. The molecule has 13 heteroatoms. The summed E-state index contributed by atoms with van der Waals surface area (Å²) in [7, 11) is 0. The second-order valence-electron chi connectivity index (χ2n) is 9.11. The zero-order valence-electron chi connectivity index (χ0n) is 20.5. The summed E-state index contributed by atoms with van der Waals surface area (Å²) in [5, 5.41) is 13.2. The van der Waals surface area contributed by atoms with E-state index in [2.05, 4.69) is 15.3 Å². The van der Waals surface area contributed by atoms with E-state index in [1.54, 1.807) is 11.8 Å². The summed E-state index contributed by atoms with van der Waals surface area (Å²) < 4.78 is 93.8. The highest BCUT2D eigenvalue weighted by Crippen LogP contribution is 2.37. The Morgan fingerprint density at radius 2 is 1.56 bits per heavy atom. The van der Waals surface area contributed by atoms with E-state index in [0.29, 0.717) is 49.4 Å². The van der Waals surface area contributed by atoms with Crippen molar-refractivity contribution >= 4 is 11.9 Å². The molecule has 208 valence electrons. The van der Waals surface area contributed by atoms with Gasteiger partial charge < -0.3 is 15.3 Å². The van der Waals surface area contributed by atoms with Gasteiger partial charge in [0.05, 0.1) is 22.5 Å². The van der Waals surface area contributed by atoms with Crippen LogP contribution in [0.4, 0.5) is 36.7 Å². The smallest absolute Gasteiger partial charge is 0.416 e. The molecular weight excluding hydrogens is 533 g/mol. The van der Waals surface area contributed by atoms with Gasteiger partial charge >= 0.3 is 18.3 Å². The summed E-state index contributed by atoms with van der Waals surface area (Å²) in [4.78, 5) is 23.0. The SMILES string of the molecule is Cc1cc(F)ccc1-c1nc(N2CCNCC2)nc(CCc2cc(C(F)(F)F)cc(C(F)(F)F)c2)c1C(=O)O. The van der Waals surface area contributed by atoms with Crippen LogP contribution in [-0.4, -0.2) is 47.2 Å². The number of hydrogen-bond donors (Lipinski definition) is 2. The minimum Gasteiger partial charge on any atom is -0.478 e. The van der Waals surface area contributed by atoms with Gasteiger partial charge in [-0.05, 0) is 67.3 Å². The monoisotopic (exact) mass is 556 g/mol. The molecule has 0 bridgehead atoms. The van der Waals surface area contributed by atoms with Crippen molar-refractivity contribution in [1.82, 2.24) is 15.3 Å². The molecule has 4 rings (SSSR count). The minimum absolute atomic E-state index is 0.0152. The molecule has 1 aliphatic rings. The first-order valence-electron chi connectivity index (χ1n) is 11.9. The molecule has 0 unspecified atom stereocenters. The Morgan fingerprint density at radius 1 is 0.949 bits per heavy atom. The maximum absolute atomic E-state index is 13.8. The lowest BCUT2D eigenvalue weighted by atomic mass is 9.96. The van der Waals surface area contributed by atoms with Crippen LogP contribution in [0, 0.1) is 12.7 Å². The Labute approximate surface area is 218 Å². The Hall–Kier alpha value is -3.74. The lowest BCUT2D eigenvalue weighted by Crippen LogP contribution is -2.44. The number of piperazine rings is 1. The number of nitrogens with one attached hydrogen (secondary N) is 1. The van der Waals surface area contributed by atoms with Gasteiger partial charge in [-0.25, -0.2) is 19.2 Å². The maximum atomic E-state index is 13.8. The Balaban J connectivity index is 1.83. The largest absolute Gasteiger partial charge is 0.478 e. The lowest BCUT2D eigenvalue weighted by molar-refractivity contribution is -0.143. The second-order valence-corrected chi connectivity index (χ2v) is 9.11. The highest BCUT2D eigenvalue weighted by atomic mass is 19.4.